The van der Waals surface area contributed by atoms with E-state index in [1.807, 2.05) is 17.8 Å². The summed E-state index contributed by atoms with van der Waals surface area (Å²) in [4.78, 5) is 1.40. The van der Waals surface area contributed by atoms with Gasteiger partial charge in [0.1, 0.15) is 0 Å². The van der Waals surface area contributed by atoms with Crippen LogP contribution in [0.1, 0.15) is 64.5 Å². The van der Waals surface area contributed by atoms with Crippen molar-refractivity contribution < 1.29 is 0 Å². The molecule has 21 heavy (non-hydrogen) atoms. The molecule has 1 aromatic rings. The zero-order valence-electron chi connectivity index (χ0n) is 13.5. The highest BCUT2D eigenvalue weighted by molar-refractivity contribution is 7.99. The first-order valence-electron chi connectivity index (χ1n) is 8.17. The second-order valence-corrected chi connectivity index (χ2v) is 8.45. The highest BCUT2D eigenvalue weighted by Crippen LogP contribution is 2.38. The molecule has 0 aliphatic carbocycles. The average molecular weight is 326 g/mol. The number of fused-ring (bicyclic) bond motifs is 1. The predicted molar refractivity (Wildman–Crippen MR) is 95.5 cm³/mol. The molecule has 0 amide bonds. The van der Waals surface area contributed by atoms with E-state index in [4.69, 9.17) is 11.6 Å². The molecule has 1 heterocycles. The van der Waals surface area contributed by atoms with Gasteiger partial charge in [0.05, 0.1) is 0 Å². The standard InChI is InChI=1S/C18H28ClNS/c1-4-5-6-10-18(2,3)13-20-16-9-11-21-17-8-7-14(19)12-15(16)17/h7-8,12,16,20H,4-6,9-11,13H2,1-3H3. The van der Waals surface area contributed by atoms with Crippen LogP contribution in [0.5, 0.6) is 0 Å². The second kappa shape index (κ2) is 7.89. The normalized spacial score (nSPS) is 18.6. The number of unbranched alkanes of at least 4 members (excludes halogenated alkanes) is 2. The van der Waals surface area contributed by atoms with Gasteiger partial charge in [0, 0.05) is 22.5 Å². The number of benzene rings is 1. The Morgan fingerprint density at radius 3 is 2.90 bits per heavy atom. The van der Waals surface area contributed by atoms with E-state index in [1.165, 1.54) is 48.3 Å². The van der Waals surface area contributed by atoms with Gasteiger partial charge in [-0.15, -0.1) is 11.8 Å². The molecule has 118 valence electrons. The van der Waals surface area contributed by atoms with Crippen molar-refractivity contribution >= 4 is 23.4 Å². The number of hydrogen-bond acceptors (Lipinski definition) is 2. The monoisotopic (exact) mass is 325 g/mol. The zero-order valence-corrected chi connectivity index (χ0v) is 15.1. The molecule has 1 atom stereocenters. The predicted octanol–water partition coefficient (Wildman–Crippen LogP) is 6.07. The lowest BCUT2D eigenvalue weighted by atomic mass is 9.86. The highest BCUT2D eigenvalue weighted by Gasteiger charge is 2.24. The van der Waals surface area contributed by atoms with Gasteiger partial charge in [0.2, 0.25) is 0 Å². The van der Waals surface area contributed by atoms with E-state index < -0.39 is 0 Å². The average Bonchev–Trinajstić information content (AvgIpc) is 2.45. The Bertz CT molecular complexity index is 459. The summed E-state index contributed by atoms with van der Waals surface area (Å²) >= 11 is 8.13. The van der Waals surface area contributed by atoms with Crippen molar-refractivity contribution in [3.05, 3.63) is 28.8 Å². The van der Waals surface area contributed by atoms with Gasteiger partial charge < -0.3 is 5.32 Å². The topological polar surface area (TPSA) is 12.0 Å². The summed E-state index contributed by atoms with van der Waals surface area (Å²) < 4.78 is 0. The second-order valence-electron chi connectivity index (χ2n) is 6.87. The number of rotatable bonds is 7. The van der Waals surface area contributed by atoms with Gasteiger partial charge in [-0.1, -0.05) is 51.6 Å². The summed E-state index contributed by atoms with van der Waals surface area (Å²) in [5.41, 5.74) is 1.77. The maximum atomic E-state index is 6.18. The van der Waals surface area contributed by atoms with E-state index in [9.17, 15) is 0 Å². The largest absolute Gasteiger partial charge is 0.309 e. The van der Waals surface area contributed by atoms with Crippen LogP contribution in [0.2, 0.25) is 5.02 Å². The molecule has 1 N–H and O–H groups in total. The zero-order chi connectivity index (χ0) is 15.3. The van der Waals surface area contributed by atoms with Crippen molar-refractivity contribution in [3.63, 3.8) is 0 Å². The SMILES string of the molecule is CCCCCC(C)(C)CNC1CCSc2ccc(Cl)cc21. The Balaban J connectivity index is 1.94. The van der Waals surface area contributed by atoms with Crippen LogP contribution < -0.4 is 5.32 Å². The van der Waals surface area contributed by atoms with E-state index in [-0.39, 0.29) is 0 Å². The minimum atomic E-state index is 0.374. The van der Waals surface area contributed by atoms with E-state index in [2.05, 4.69) is 38.2 Å². The smallest absolute Gasteiger partial charge is 0.0410 e. The lowest BCUT2D eigenvalue weighted by Crippen LogP contribution is -2.33. The molecule has 0 radical (unpaired) electrons. The first-order valence-corrected chi connectivity index (χ1v) is 9.54. The quantitative estimate of drug-likeness (QED) is 0.610. The molecule has 0 saturated carbocycles. The molecule has 0 fully saturated rings. The van der Waals surface area contributed by atoms with Crippen LogP contribution in [-0.4, -0.2) is 12.3 Å². The molecule has 1 unspecified atom stereocenters. The van der Waals surface area contributed by atoms with E-state index in [0.29, 0.717) is 11.5 Å². The van der Waals surface area contributed by atoms with Gasteiger partial charge in [-0.3, -0.25) is 0 Å². The van der Waals surface area contributed by atoms with Crippen molar-refractivity contribution in [1.29, 1.82) is 0 Å². The maximum absolute atomic E-state index is 6.18. The summed E-state index contributed by atoms with van der Waals surface area (Å²) in [7, 11) is 0. The van der Waals surface area contributed by atoms with E-state index in [0.717, 1.165) is 11.6 Å². The third kappa shape index (κ3) is 5.19. The molecule has 1 aromatic carbocycles. The van der Waals surface area contributed by atoms with Crippen molar-refractivity contribution in [3.8, 4) is 0 Å². The molecule has 1 aliphatic rings. The Kier molecular flexibility index (Phi) is 6.46. The van der Waals surface area contributed by atoms with Crippen molar-refractivity contribution in [2.24, 2.45) is 5.41 Å². The Morgan fingerprint density at radius 1 is 1.33 bits per heavy atom. The number of hydrogen-bond donors (Lipinski definition) is 1. The molecular formula is C18H28ClNS. The first-order chi connectivity index (χ1) is 10.0. The Hall–Kier alpha value is -0.180. The van der Waals surface area contributed by atoms with Crippen LogP contribution in [0.3, 0.4) is 0 Å². The fraction of sp³-hybridized carbons (Fsp3) is 0.667. The lowest BCUT2D eigenvalue weighted by Gasteiger charge is -2.31. The van der Waals surface area contributed by atoms with Gasteiger partial charge in [-0.25, -0.2) is 0 Å². The molecule has 0 bridgehead atoms. The minimum Gasteiger partial charge on any atom is -0.309 e. The summed E-state index contributed by atoms with van der Waals surface area (Å²) in [6.07, 6.45) is 6.49. The minimum absolute atomic E-state index is 0.374. The maximum Gasteiger partial charge on any atom is 0.0410 e. The number of nitrogens with one attached hydrogen (secondary N) is 1. The number of halogens is 1. The molecule has 3 heteroatoms. The van der Waals surface area contributed by atoms with Crippen LogP contribution in [0, 0.1) is 5.41 Å². The lowest BCUT2D eigenvalue weighted by molar-refractivity contribution is 0.284. The summed E-state index contributed by atoms with van der Waals surface area (Å²) in [5.74, 6) is 1.20. The molecule has 0 spiro atoms. The Labute approximate surface area is 139 Å². The third-order valence-electron chi connectivity index (χ3n) is 4.30. The van der Waals surface area contributed by atoms with E-state index >= 15 is 0 Å². The molecule has 2 rings (SSSR count). The van der Waals surface area contributed by atoms with Crippen molar-refractivity contribution in [2.75, 3.05) is 12.3 Å². The van der Waals surface area contributed by atoms with Crippen molar-refractivity contribution in [2.45, 2.75) is 63.8 Å². The van der Waals surface area contributed by atoms with Crippen LogP contribution in [0.15, 0.2) is 23.1 Å². The first kappa shape index (κ1) is 17.2. The third-order valence-corrected chi connectivity index (χ3v) is 5.65. The van der Waals surface area contributed by atoms with Gasteiger partial charge in [0.25, 0.3) is 0 Å². The van der Waals surface area contributed by atoms with Crippen molar-refractivity contribution in [1.82, 2.24) is 5.32 Å². The number of thioether (sulfide) groups is 1. The molecular weight excluding hydrogens is 298 g/mol. The fourth-order valence-corrected chi connectivity index (χ4v) is 4.20. The molecule has 1 aliphatic heterocycles. The fourth-order valence-electron chi connectivity index (χ4n) is 2.92. The summed E-state index contributed by atoms with van der Waals surface area (Å²) in [6.45, 7) is 8.11. The molecule has 0 saturated heterocycles. The Morgan fingerprint density at radius 2 is 2.14 bits per heavy atom. The van der Waals surface area contributed by atoms with E-state index in [1.54, 1.807) is 0 Å². The summed E-state index contributed by atoms with van der Waals surface area (Å²) in [6, 6.07) is 6.78. The van der Waals surface area contributed by atoms with Crippen LogP contribution in [-0.2, 0) is 0 Å². The molecule has 1 nitrogen and oxygen atoms in total. The van der Waals surface area contributed by atoms with Gasteiger partial charge in [0.15, 0.2) is 0 Å². The van der Waals surface area contributed by atoms with Crippen LogP contribution in [0.25, 0.3) is 0 Å². The van der Waals surface area contributed by atoms with Gasteiger partial charge >= 0.3 is 0 Å². The summed E-state index contributed by atoms with van der Waals surface area (Å²) in [5, 5.41) is 4.65. The van der Waals surface area contributed by atoms with Crippen LogP contribution >= 0.6 is 23.4 Å². The molecule has 0 aromatic heterocycles. The van der Waals surface area contributed by atoms with Gasteiger partial charge in [-0.05, 0) is 47.8 Å². The highest BCUT2D eigenvalue weighted by atomic mass is 35.5. The van der Waals surface area contributed by atoms with Gasteiger partial charge in [-0.2, -0.15) is 0 Å². The van der Waals surface area contributed by atoms with Crippen LogP contribution in [0.4, 0.5) is 0 Å².